The number of carbonyl (C=O) groups is 1. The number of nitriles is 1. The molecule has 2 aromatic heterocycles. The highest BCUT2D eigenvalue weighted by atomic mass is 32.1. The number of nitrogen functional groups attached to an aromatic ring is 1. The number of fused-ring (bicyclic) bond motifs is 1. The monoisotopic (exact) mass is 339 g/mol. The molecule has 0 fully saturated rings. The van der Waals surface area contributed by atoms with Gasteiger partial charge in [0.25, 0.3) is 0 Å². The van der Waals surface area contributed by atoms with Gasteiger partial charge in [-0.3, -0.25) is 0 Å². The van der Waals surface area contributed by atoms with Crippen molar-refractivity contribution >= 4 is 33.2 Å². The number of nitrogens with zero attached hydrogens (tertiary/aromatic N) is 2. The number of benzene rings is 1. The maximum atomic E-state index is 11.4. The molecular weight excluding hydrogens is 326 g/mol. The normalized spacial score (nSPS) is 10.5. The Bertz CT molecular complexity index is 974. The van der Waals surface area contributed by atoms with Crippen molar-refractivity contribution in [2.24, 2.45) is 0 Å². The molecule has 0 aliphatic carbocycles. The summed E-state index contributed by atoms with van der Waals surface area (Å²) in [6, 6.07) is 11.3. The fourth-order valence-electron chi connectivity index (χ4n) is 2.53. The number of anilines is 1. The maximum Gasteiger partial charge on any atom is 0.348 e. The predicted molar refractivity (Wildman–Crippen MR) is 92.3 cm³/mol. The summed E-state index contributed by atoms with van der Waals surface area (Å²) in [5.74, 6) is -0.935. The maximum absolute atomic E-state index is 11.4. The second-order valence-corrected chi connectivity index (χ2v) is 5.91. The first-order valence-corrected chi connectivity index (χ1v) is 7.97. The predicted octanol–water partition coefficient (Wildman–Crippen LogP) is 3.51. The highest BCUT2D eigenvalue weighted by Gasteiger charge is 2.25. The molecule has 0 aliphatic heterocycles. The molecule has 0 saturated carbocycles. The first kappa shape index (κ1) is 15.8. The average Bonchev–Trinajstić information content (AvgIpc) is 2.91. The summed E-state index contributed by atoms with van der Waals surface area (Å²) in [6.45, 7) is 2.13. The molecular formula is C17H13N3O3S. The summed E-state index contributed by atoms with van der Waals surface area (Å²) in [7, 11) is 0. The fraction of sp³-hybridized carbons (Fsp3) is 0.118. The molecule has 3 aromatic rings. The molecule has 0 atom stereocenters. The van der Waals surface area contributed by atoms with E-state index in [2.05, 4.69) is 11.1 Å². The SMILES string of the molecule is CCOc1nc2sc(C(=O)O)c(N)c2c(-c2ccccc2)c1C#N. The molecule has 3 N–H and O–H groups in total. The van der Waals surface area contributed by atoms with Crippen LogP contribution >= 0.6 is 11.3 Å². The minimum Gasteiger partial charge on any atom is -0.477 e. The van der Waals surface area contributed by atoms with Crippen LogP contribution in [0, 0.1) is 11.3 Å². The minimum absolute atomic E-state index is 0.00668. The number of carboxylic acid groups (broad SMARTS) is 1. The zero-order chi connectivity index (χ0) is 17.3. The number of ether oxygens (including phenoxy) is 1. The molecule has 120 valence electrons. The van der Waals surface area contributed by atoms with Crippen LogP contribution in [0.4, 0.5) is 5.69 Å². The van der Waals surface area contributed by atoms with Crippen molar-refractivity contribution in [1.82, 2.24) is 4.98 Å². The van der Waals surface area contributed by atoms with Gasteiger partial charge in [-0.15, -0.1) is 11.3 Å². The van der Waals surface area contributed by atoms with Gasteiger partial charge in [0.1, 0.15) is 21.3 Å². The van der Waals surface area contributed by atoms with Crippen LogP contribution in [0.5, 0.6) is 5.88 Å². The summed E-state index contributed by atoms with van der Waals surface area (Å²) in [5, 5.41) is 19.4. The van der Waals surface area contributed by atoms with Crippen LogP contribution in [0.2, 0.25) is 0 Å². The van der Waals surface area contributed by atoms with Crippen molar-refractivity contribution in [2.75, 3.05) is 12.3 Å². The van der Waals surface area contributed by atoms with Crippen molar-refractivity contribution in [3.05, 3.63) is 40.8 Å². The zero-order valence-electron chi connectivity index (χ0n) is 12.7. The lowest BCUT2D eigenvalue weighted by Crippen LogP contribution is -2.01. The summed E-state index contributed by atoms with van der Waals surface area (Å²) in [4.78, 5) is 16.2. The molecule has 6 nitrogen and oxygen atoms in total. The number of hydrogen-bond donors (Lipinski definition) is 2. The van der Waals surface area contributed by atoms with Gasteiger partial charge in [0.2, 0.25) is 5.88 Å². The van der Waals surface area contributed by atoms with Gasteiger partial charge in [-0.1, -0.05) is 30.3 Å². The van der Waals surface area contributed by atoms with E-state index in [0.717, 1.165) is 16.9 Å². The van der Waals surface area contributed by atoms with Gasteiger partial charge in [-0.25, -0.2) is 9.78 Å². The molecule has 1 aromatic carbocycles. The van der Waals surface area contributed by atoms with E-state index in [9.17, 15) is 15.2 Å². The van der Waals surface area contributed by atoms with Crippen molar-refractivity contribution in [3.63, 3.8) is 0 Å². The molecule has 0 saturated heterocycles. The Morgan fingerprint density at radius 2 is 2.12 bits per heavy atom. The number of aromatic nitrogens is 1. The van der Waals surface area contributed by atoms with Crippen LogP contribution in [0.3, 0.4) is 0 Å². The number of carboxylic acids is 1. The van der Waals surface area contributed by atoms with Crippen LogP contribution in [-0.4, -0.2) is 22.7 Å². The number of pyridine rings is 1. The van der Waals surface area contributed by atoms with E-state index in [1.807, 2.05) is 30.3 Å². The van der Waals surface area contributed by atoms with Gasteiger partial charge in [-0.05, 0) is 12.5 Å². The third-order valence-corrected chi connectivity index (χ3v) is 4.58. The third-order valence-electron chi connectivity index (χ3n) is 3.49. The standard InChI is InChI=1S/C17H13N3O3S/c1-2-23-15-10(8-18)11(9-6-4-3-5-7-9)12-13(19)14(17(21)22)24-16(12)20-15/h3-7H,2,19H2,1H3,(H,21,22). The largest absolute Gasteiger partial charge is 0.477 e. The number of hydrogen-bond acceptors (Lipinski definition) is 6. The van der Waals surface area contributed by atoms with Crippen LogP contribution in [0.1, 0.15) is 22.2 Å². The Labute approximate surface area is 141 Å². The third kappa shape index (κ3) is 2.43. The Morgan fingerprint density at radius 1 is 1.42 bits per heavy atom. The van der Waals surface area contributed by atoms with Gasteiger partial charge in [0, 0.05) is 10.9 Å². The lowest BCUT2D eigenvalue weighted by molar-refractivity contribution is 0.0703. The first-order chi connectivity index (χ1) is 11.6. The minimum atomic E-state index is -1.12. The van der Waals surface area contributed by atoms with Crippen molar-refractivity contribution in [3.8, 4) is 23.1 Å². The number of aromatic carboxylic acids is 1. The number of thiophene rings is 1. The molecule has 24 heavy (non-hydrogen) atoms. The molecule has 7 heteroatoms. The number of nitrogens with two attached hydrogens (primary N) is 1. The van der Waals surface area contributed by atoms with Crippen molar-refractivity contribution in [2.45, 2.75) is 6.92 Å². The van der Waals surface area contributed by atoms with Gasteiger partial charge in [0.05, 0.1) is 12.3 Å². The molecule has 0 bridgehead atoms. The summed E-state index contributed by atoms with van der Waals surface area (Å²) in [6.07, 6.45) is 0. The van der Waals surface area contributed by atoms with E-state index < -0.39 is 5.97 Å². The summed E-state index contributed by atoms with van der Waals surface area (Å²) < 4.78 is 5.49. The van der Waals surface area contributed by atoms with Gasteiger partial charge in [-0.2, -0.15) is 5.26 Å². The Kier molecular flexibility index (Phi) is 4.06. The first-order valence-electron chi connectivity index (χ1n) is 7.16. The van der Waals surface area contributed by atoms with Crippen LogP contribution < -0.4 is 10.5 Å². The summed E-state index contributed by atoms with van der Waals surface area (Å²) >= 11 is 0.975. The Balaban J connectivity index is 2.48. The van der Waals surface area contributed by atoms with E-state index in [1.165, 1.54) is 0 Å². The highest BCUT2D eigenvalue weighted by molar-refractivity contribution is 7.21. The van der Waals surface area contributed by atoms with Crippen LogP contribution in [0.25, 0.3) is 21.3 Å². The zero-order valence-corrected chi connectivity index (χ0v) is 13.6. The van der Waals surface area contributed by atoms with E-state index >= 15 is 0 Å². The van der Waals surface area contributed by atoms with Crippen LogP contribution in [0.15, 0.2) is 30.3 Å². The topological polar surface area (TPSA) is 109 Å². The van der Waals surface area contributed by atoms with Gasteiger partial charge in [0.15, 0.2) is 0 Å². The second kappa shape index (κ2) is 6.18. The van der Waals surface area contributed by atoms with E-state index in [4.69, 9.17) is 10.5 Å². The van der Waals surface area contributed by atoms with E-state index in [0.29, 0.717) is 22.4 Å². The quantitative estimate of drug-likeness (QED) is 0.752. The molecule has 0 unspecified atom stereocenters. The second-order valence-electron chi connectivity index (χ2n) is 4.91. The van der Waals surface area contributed by atoms with Crippen molar-refractivity contribution < 1.29 is 14.6 Å². The Hall–Kier alpha value is -3.11. The van der Waals surface area contributed by atoms with Gasteiger partial charge < -0.3 is 15.6 Å². The smallest absolute Gasteiger partial charge is 0.348 e. The van der Waals surface area contributed by atoms with E-state index in [-0.39, 0.29) is 22.0 Å². The summed E-state index contributed by atoms with van der Waals surface area (Å²) in [5.41, 5.74) is 7.73. The van der Waals surface area contributed by atoms with Crippen molar-refractivity contribution in [1.29, 1.82) is 5.26 Å². The molecule has 0 aliphatic rings. The molecule has 0 radical (unpaired) electrons. The Morgan fingerprint density at radius 3 is 2.71 bits per heavy atom. The lowest BCUT2D eigenvalue weighted by atomic mass is 9.97. The van der Waals surface area contributed by atoms with E-state index in [1.54, 1.807) is 6.92 Å². The lowest BCUT2D eigenvalue weighted by Gasteiger charge is -2.11. The van der Waals surface area contributed by atoms with Crippen LogP contribution in [-0.2, 0) is 0 Å². The molecule has 3 rings (SSSR count). The number of rotatable bonds is 4. The average molecular weight is 339 g/mol. The highest BCUT2D eigenvalue weighted by Crippen LogP contribution is 2.43. The molecule has 2 heterocycles. The molecule has 0 amide bonds. The fourth-order valence-corrected chi connectivity index (χ4v) is 3.46. The van der Waals surface area contributed by atoms with Gasteiger partial charge >= 0.3 is 5.97 Å². The molecule has 0 spiro atoms.